The lowest BCUT2D eigenvalue weighted by atomic mass is 9.53. The maximum Gasteiger partial charge on any atom is 0.0607 e. The van der Waals surface area contributed by atoms with Gasteiger partial charge in [0.25, 0.3) is 0 Å². The van der Waals surface area contributed by atoms with Crippen LogP contribution in [-0.2, 0) is 4.74 Å². The van der Waals surface area contributed by atoms with Crippen LogP contribution in [0, 0.1) is 69.5 Å². The molecular weight excluding hydrogens is 821 g/mol. The summed E-state index contributed by atoms with van der Waals surface area (Å²) < 4.78 is 6.32. The molecule has 1 heterocycles. The van der Waals surface area contributed by atoms with Crippen molar-refractivity contribution in [3.8, 4) is 0 Å². The van der Waals surface area contributed by atoms with Crippen LogP contribution in [0.2, 0.25) is 0 Å². The molecule has 1 heteroatoms. The van der Waals surface area contributed by atoms with E-state index in [-0.39, 0.29) is 0 Å². The summed E-state index contributed by atoms with van der Waals surface area (Å²) >= 11 is 0. The zero-order valence-corrected chi connectivity index (χ0v) is 52.6. The van der Waals surface area contributed by atoms with Gasteiger partial charge in [-0.05, 0) is 114 Å². The molecule has 2 rings (SSSR count). The third-order valence-electron chi connectivity index (χ3n) is 21.2. The lowest BCUT2D eigenvalue weighted by Crippen LogP contribution is -2.46. The highest BCUT2D eigenvalue weighted by Gasteiger charge is 2.46. The first-order chi connectivity index (χ1) is 32.5. The van der Waals surface area contributed by atoms with E-state index in [0.717, 1.165) is 53.3 Å². The summed E-state index contributed by atoms with van der Waals surface area (Å²) in [5.74, 6) is 8.46. The van der Waals surface area contributed by atoms with Crippen LogP contribution < -0.4 is 0 Å². The molecule has 0 N–H and O–H groups in total. The summed E-state index contributed by atoms with van der Waals surface area (Å²) in [5, 5.41) is 0. The molecule has 0 aromatic heterocycles. The van der Waals surface area contributed by atoms with Gasteiger partial charge in [-0.15, -0.1) is 0 Å². The Morgan fingerprint density at radius 3 is 0.529 bits per heavy atom. The van der Waals surface area contributed by atoms with Crippen LogP contribution in [0.4, 0.5) is 0 Å². The van der Waals surface area contributed by atoms with Gasteiger partial charge >= 0.3 is 0 Å². The van der Waals surface area contributed by atoms with Crippen molar-refractivity contribution in [2.45, 2.75) is 352 Å². The average Bonchev–Trinajstić information content (AvgIpc) is 3.40. The van der Waals surface area contributed by atoms with Crippen molar-refractivity contribution in [3.05, 3.63) is 11.1 Å². The van der Waals surface area contributed by atoms with Crippen molar-refractivity contribution in [2.75, 3.05) is 0 Å². The molecule has 412 valence electrons. The smallest absolute Gasteiger partial charge is 0.0607 e. The Labute approximate surface area is 435 Å². The van der Waals surface area contributed by atoms with Gasteiger partial charge in [0, 0.05) is 0 Å². The van der Waals surface area contributed by atoms with E-state index in [2.05, 4.69) is 173 Å². The zero-order chi connectivity index (χ0) is 53.1. The lowest BCUT2D eigenvalue weighted by Gasteiger charge is -2.52. The first kappa shape index (κ1) is 72.0. The summed E-state index contributed by atoms with van der Waals surface area (Å²) in [7, 11) is 0. The van der Waals surface area contributed by atoms with E-state index in [4.69, 9.17) is 4.74 Å². The van der Waals surface area contributed by atoms with Gasteiger partial charge in [-0.2, -0.15) is 0 Å². The number of rotatable bonds is 27. The Kier molecular flexibility index (Phi) is 43.5. The van der Waals surface area contributed by atoms with Gasteiger partial charge in [0.1, 0.15) is 0 Å². The zero-order valence-electron chi connectivity index (χ0n) is 52.6. The van der Waals surface area contributed by atoms with E-state index in [1.165, 1.54) is 167 Å². The summed E-state index contributed by atoms with van der Waals surface area (Å²) in [5.41, 5.74) is 5.24. The third-order valence-corrected chi connectivity index (χ3v) is 21.2. The molecule has 2 fully saturated rings. The quantitative estimate of drug-likeness (QED) is 0.0746. The molecule has 1 saturated heterocycles. The third kappa shape index (κ3) is 21.3. The second kappa shape index (κ2) is 41.1. The Morgan fingerprint density at radius 1 is 0.235 bits per heavy atom. The minimum atomic E-state index is 0.516. The fraction of sp³-hybridized carbons (Fsp3) is 0.970. The van der Waals surface area contributed by atoms with Gasteiger partial charge in [0.2, 0.25) is 0 Å². The fourth-order valence-corrected chi connectivity index (χ4v) is 15.4. The first-order valence-electron chi connectivity index (χ1n) is 31.9. The molecule has 0 amide bonds. The van der Waals surface area contributed by atoms with Crippen LogP contribution in [0.3, 0.4) is 0 Å². The van der Waals surface area contributed by atoms with Gasteiger partial charge < -0.3 is 4.74 Å². The Balaban J connectivity index is -0.000000795. The summed E-state index contributed by atoms with van der Waals surface area (Å²) in [6.07, 6.45) is 35.6. The largest absolute Gasteiger partial charge is 0.374 e. The van der Waals surface area contributed by atoms with Crippen LogP contribution in [0.15, 0.2) is 11.1 Å². The normalized spacial score (nSPS) is 26.2. The topological polar surface area (TPSA) is 9.23 Å². The number of hydrogen-bond acceptors (Lipinski definition) is 1. The summed E-state index contributed by atoms with van der Waals surface area (Å²) in [6.45, 7) is 58.6. The standard InChI is InChI=1S/C18H36.C15H30O.C15H32.C10H20.C9H20/c1-7-13-14(8-2)16(10-4)18(12-6)17(11-5)15(13)9-3;1-6-11-12(7-2)14(9-4)16-15(10-5)13(11)8-3;1-7-14(8-2,9-3)13-15(10-4,11-5)12-6;1-5-9(6-2)10(7-3)8-4;1-5-9(6-2,7-3)8-4/h13-18H,7-12H2,1-6H3;11-15H,6-10H2,1-5H3;7-13H2,1-6H3;5-8H2,1-4H3;5-8H2,1-4H3. The van der Waals surface area contributed by atoms with Crippen molar-refractivity contribution >= 4 is 0 Å². The molecule has 68 heavy (non-hydrogen) atoms. The van der Waals surface area contributed by atoms with Crippen LogP contribution in [-0.4, -0.2) is 12.2 Å². The minimum absolute atomic E-state index is 0.516. The molecule has 0 bridgehead atoms. The second-order valence-electron chi connectivity index (χ2n) is 22.5. The van der Waals surface area contributed by atoms with Gasteiger partial charge in [-0.25, -0.2) is 0 Å². The van der Waals surface area contributed by atoms with E-state index < -0.39 is 0 Å². The van der Waals surface area contributed by atoms with E-state index in [1.807, 2.05) is 0 Å². The molecule has 0 spiro atoms. The molecule has 1 aliphatic heterocycles. The SMILES string of the molecule is CCC(CC)(CC)CC.CCC(CC)(CC)CC(CC)(CC)CC.CCC(CC)=C(CC)CC.CCC1C(CC)C(CC)C(CC)C(CC)C1CC.CCC1OC(CC)C(CC)C(CC)C1CC. The number of hydrogen-bond donors (Lipinski definition) is 0. The predicted molar refractivity (Wildman–Crippen MR) is 316 cm³/mol. The van der Waals surface area contributed by atoms with Crippen molar-refractivity contribution < 1.29 is 4.74 Å². The van der Waals surface area contributed by atoms with Gasteiger partial charge in [-0.1, -0.05) is 306 Å². The molecule has 4 atom stereocenters. The molecule has 2 aliphatic rings. The van der Waals surface area contributed by atoms with Gasteiger partial charge in [0.05, 0.1) is 12.2 Å². The Morgan fingerprint density at radius 2 is 0.412 bits per heavy atom. The minimum Gasteiger partial charge on any atom is -0.374 e. The molecule has 0 radical (unpaired) electrons. The molecule has 1 nitrogen and oxygen atoms in total. The van der Waals surface area contributed by atoms with Crippen LogP contribution in [0.5, 0.6) is 0 Å². The van der Waals surface area contributed by atoms with Crippen molar-refractivity contribution in [1.82, 2.24) is 0 Å². The molecular formula is C67H138O. The molecule has 1 aliphatic carbocycles. The molecule has 0 aromatic carbocycles. The van der Waals surface area contributed by atoms with Crippen LogP contribution >= 0.6 is 0 Å². The van der Waals surface area contributed by atoms with E-state index in [9.17, 15) is 0 Å². The Hall–Kier alpha value is -0.300. The molecule has 4 unspecified atom stereocenters. The molecule has 0 aromatic rings. The maximum absolute atomic E-state index is 6.32. The van der Waals surface area contributed by atoms with Crippen molar-refractivity contribution in [2.24, 2.45) is 69.5 Å². The average molecular weight is 960 g/mol. The van der Waals surface area contributed by atoms with E-state index >= 15 is 0 Å². The number of allylic oxidation sites excluding steroid dienone is 2. The van der Waals surface area contributed by atoms with Crippen molar-refractivity contribution in [3.63, 3.8) is 0 Å². The van der Waals surface area contributed by atoms with Crippen LogP contribution in [0.1, 0.15) is 340 Å². The fourth-order valence-electron chi connectivity index (χ4n) is 15.4. The predicted octanol–water partition coefficient (Wildman–Crippen LogP) is 24.2. The Bertz CT molecular complexity index is 964. The highest BCUT2D eigenvalue weighted by atomic mass is 16.5. The van der Waals surface area contributed by atoms with Gasteiger partial charge in [0.15, 0.2) is 0 Å². The highest BCUT2D eigenvalue weighted by Crippen LogP contribution is 2.53. The van der Waals surface area contributed by atoms with E-state index in [1.54, 1.807) is 11.1 Å². The van der Waals surface area contributed by atoms with Crippen molar-refractivity contribution in [1.29, 1.82) is 0 Å². The number of ether oxygens (including phenoxy) is 1. The summed E-state index contributed by atoms with van der Waals surface area (Å²) in [6, 6.07) is 0. The highest BCUT2D eigenvalue weighted by molar-refractivity contribution is 5.12. The van der Waals surface area contributed by atoms with E-state index in [0.29, 0.717) is 28.5 Å². The lowest BCUT2D eigenvalue weighted by molar-refractivity contribution is -0.150. The summed E-state index contributed by atoms with van der Waals surface area (Å²) in [4.78, 5) is 0. The maximum atomic E-state index is 6.32. The second-order valence-corrected chi connectivity index (χ2v) is 22.5. The van der Waals surface area contributed by atoms with Gasteiger partial charge in [-0.3, -0.25) is 0 Å². The monoisotopic (exact) mass is 959 g/mol. The first-order valence-corrected chi connectivity index (χ1v) is 31.9. The molecule has 1 saturated carbocycles. The van der Waals surface area contributed by atoms with Crippen LogP contribution in [0.25, 0.3) is 0 Å².